The lowest BCUT2D eigenvalue weighted by molar-refractivity contribution is 0.0956. The molecule has 1 saturated carbocycles. The zero-order chi connectivity index (χ0) is 19.9. The van der Waals surface area contributed by atoms with E-state index in [0.717, 1.165) is 18.5 Å². The average molecular weight is 400 g/mol. The molecular weight excluding hydrogens is 380 g/mol. The molecule has 4 rings (SSSR count). The number of ether oxygens (including phenoxy) is 1. The van der Waals surface area contributed by atoms with Crippen LogP contribution in [-0.4, -0.2) is 34.5 Å². The minimum atomic E-state index is -4.11. The molecule has 0 bridgehead atoms. The predicted octanol–water partition coefficient (Wildman–Crippen LogP) is 3.16. The summed E-state index contributed by atoms with van der Waals surface area (Å²) < 4.78 is 38.8. The summed E-state index contributed by atoms with van der Waals surface area (Å²) in [5, 5.41) is 0.714. The van der Waals surface area contributed by atoms with Crippen molar-refractivity contribution < 1.29 is 22.4 Å². The molecule has 7 nitrogen and oxygen atoms in total. The first-order chi connectivity index (χ1) is 13.3. The third-order valence-corrected chi connectivity index (χ3v) is 5.80. The van der Waals surface area contributed by atoms with E-state index in [4.69, 9.17) is 9.15 Å². The van der Waals surface area contributed by atoms with Gasteiger partial charge in [0.15, 0.2) is 5.76 Å². The van der Waals surface area contributed by atoms with Gasteiger partial charge in [0.2, 0.25) is 0 Å². The van der Waals surface area contributed by atoms with Crippen LogP contribution in [0, 0.1) is 0 Å². The number of carbonyl (C=O) groups is 1. The average Bonchev–Trinajstić information content (AvgIpc) is 3.35. The van der Waals surface area contributed by atoms with E-state index in [1.54, 1.807) is 24.3 Å². The number of nitrogens with one attached hydrogen (secondary N) is 1. The van der Waals surface area contributed by atoms with Crippen molar-refractivity contribution >= 4 is 32.6 Å². The predicted molar refractivity (Wildman–Crippen MR) is 105 cm³/mol. The standard InChI is InChI=1S/C20H20N2O5S/c1-22(2)14-8-7-13-11-18(27-17(13)12-14)20(23)21-28(24,25)19-6-4-3-5-16(19)26-15-9-10-15/h3-8,11-12,15H,9-10H2,1-2H3,(H,21,23). The van der Waals surface area contributed by atoms with E-state index in [1.807, 2.05) is 31.1 Å². The van der Waals surface area contributed by atoms with E-state index in [-0.39, 0.29) is 22.5 Å². The molecule has 28 heavy (non-hydrogen) atoms. The number of anilines is 1. The number of rotatable bonds is 6. The lowest BCUT2D eigenvalue weighted by Gasteiger charge is -2.11. The Labute approximate surface area is 162 Å². The zero-order valence-corrected chi connectivity index (χ0v) is 16.3. The quantitative estimate of drug-likeness (QED) is 0.684. The van der Waals surface area contributed by atoms with Crippen molar-refractivity contribution in [2.45, 2.75) is 23.8 Å². The van der Waals surface area contributed by atoms with Gasteiger partial charge in [-0.3, -0.25) is 4.79 Å². The lowest BCUT2D eigenvalue weighted by Crippen LogP contribution is -2.30. The van der Waals surface area contributed by atoms with E-state index in [1.165, 1.54) is 12.1 Å². The molecule has 1 fully saturated rings. The number of furan rings is 1. The number of carbonyl (C=O) groups excluding carboxylic acids is 1. The van der Waals surface area contributed by atoms with Crippen LogP contribution in [0.4, 0.5) is 5.69 Å². The Morgan fingerprint density at radius 1 is 1.14 bits per heavy atom. The summed E-state index contributed by atoms with van der Waals surface area (Å²) in [5.74, 6) is -0.663. The fourth-order valence-corrected chi connectivity index (χ4v) is 3.87. The number of nitrogens with zero attached hydrogens (tertiary/aromatic N) is 1. The van der Waals surface area contributed by atoms with Crippen molar-refractivity contribution in [2.75, 3.05) is 19.0 Å². The highest BCUT2D eigenvalue weighted by Crippen LogP contribution is 2.31. The Kier molecular flexibility index (Phi) is 4.50. The molecule has 8 heteroatoms. The van der Waals surface area contributed by atoms with Gasteiger partial charge >= 0.3 is 5.91 Å². The highest BCUT2D eigenvalue weighted by molar-refractivity contribution is 7.90. The number of para-hydroxylation sites is 1. The van der Waals surface area contributed by atoms with Crippen molar-refractivity contribution in [3.63, 3.8) is 0 Å². The van der Waals surface area contributed by atoms with Crippen LogP contribution in [0.2, 0.25) is 0 Å². The molecule has 0 saturated heterocycles. The molecular formula is C20H20N2O5S. The summed E-state index contributed by atoms with van der Waals surface area (Å²) in [7, 11) is -0.319. The maximum atomic E-state index is 12.7. The molecule has 2 aromatic carbocycles. The molecule has 0 radical (unpaired) electrons. The molecule has 146 valence electrons. The second kappa shape index (κ2) is 6.87. The maximum absolute atomic E-state index is 12.7. The van der Waals surface area contributed by atoms with E-state index >= 15 is 0 Å². The summed E-state index contributed by atoms with van der Waals surface area (Å²) in [6.07, 6.45) is 1.83. The molecule has 3 aromatic rings. The number of hydrogen-bond donors (Lipinski definition) is 1. The van der Waals surface area contributed by atoms with E-state index < -0.39 is 15.9 Å². The topological polar surface area (TPSA) is 88.9 Å². The van der Waals surface area contributed by atoms with Gasteiger partial charge in [0.05, 0.1) is 6.10 Å². The Morgan fingerprint density at radius 3 is 2.61 bits per heavy atom. The first-order valence-corrected chi connectivity index (χ1v) is 10.4. The Bertz CT molecular complexity index is 1150. The molecule has 1 aromatic heterocycles. The summed E-state index contributed by atoms with van der Waals surface area (Å²) in [6, 6.07) is 13.3. The number of benzene rings is 2. The van der Waals surface area contributed by atoms with Crippen LogP contribution in [-0.2, 0) is 10.0 Å². The Balaban J connectivity index is 1.60. The van der Waals surface area contributed by atoms with Crippen LogP contribution in [0.25, 0.3) is 11.0 Å². The van der Waals surface area contributed by atoms with Crippen molar-refractivity contribution in [3.05, 3.63) is 54.3 Å². The summed E-state index contributed by atoms with van der Waals surface area (Å²) in [5.41, 5.74) is 1.42. The minimum absolute atomic E-state index is 0.0355. The van der Waals surface area contributed by atoms with Gasteiger partial charge in [0.25, 0.3) is 10.0 Å². The van der Waals surface area contributed by atoms with Crippen LogP contribution in [0.3, 0.4) is 0 Å². The van der Waals surface area contributed by atoms with Crippen molar-refractivity contribution in [1.82, 2.24) is 4.72 Å². The summed E-state index contributed by atoms with van der Waals surface area (Å²) in [6.45, 7) is 0. The van der Waals surface area contributed by atoms with Gasteiger partial charge in [-0.05, 0) is 43.2 Å². The van der Waals surface area contributed by atoms with Gasteiger partial charge in [0, 0.05) is 31.2 Å². The zero-order valence-electron chi connectivity index (χ0n) is 15.5. The summed E-state index contributed by atoms with van der Waals surface area (Å²) in [4.78, 5) is 14.4. The van der Waals surface area contributed by atoms with Gasteiger partial charge in [-0.25, -0.2) is 13.1 Å². The number of sulfonamides is 1. The van der Waals surface area contributed by atoms with Gasteiger partial charge < -0.3 is 14.1 Å². The molecule has 0 unspecified atom stereocenters. The van der Waals surface area contributed by atoms with Gasteiger partial charge in [0.1, 0.15) is 16.2 Å². The smallest absolute Gasteiger partial charge is 0.300 e. The van der Waals surface area contributed by atoms with E-state index in [9.17, 15) is 13.2 Å². The first kappa shape index (κ1) is 18.4. The SMILES string of the molecule is CN(C)c1ccc2cc(C(=O)NS(=O)(=O)c3ccccc3OC3CC3)oc2c1. The number of fused-ring (bicyclic) bond motifs is 1. The number of hydrogen-bond acceptors (Lipinski definition) is 6. The van der Waals surface area contributed by atoms with Crippen LogP contribution in [0.15, 0.2) is 57.8 Å². The van der Waals surface area contributed by atoms with E-state index in [2.05, 4.69) is 4.72 Å². The van der Waals surface area contributed by atoms with Crippen LogP contribution in [0.1, 0.15) is 23.4 Å². The Morgan fingerprint density at radius 2 is 1.89 bits per heavy atom. The van der Waals surface area contributed by atoms with Crippen LogP contribution < -0.4 is 14.4 Å². The molecule has 1 amide bonds. The van der Waals surface area contributed by atoms with Crippen molar-refractivity contribution in [3.8, 4) is 5.75 Å². The lowest BCUT2D eigenvalue weighted by atomic mass is 10.2. The highest BCUT2D eigenvalue weighted by atomic mass is 32.2. The maximum Gasteiger partial charge on any atom is 0.300 e. The van der Waals surface area contributed by atoms with Gasteiger partial charge in [-0.15, -0.1) is 0 Å². The fraction of sp³-hybridized carbons (Fsp3) is 0.250. The first-order valence-electron chi connectivity index (χ1n) is 8.87. The highest BCUT2D eigenvalue weighted by Gasteiger charge is 2.29. The second-order valence-electron chi connectivity index (χ2n) is 6.93. The molecule has 1 N–H and O–H groups in total. The van der Waals surface area contributed by atoms with Gasteiger partial charge in [-0.2, -0.15) is 0 Å². The van der Waals surface area contributed by atoms with E-state index in [0.29, 0.717) is 11.0 Å². The third-order valence-electron chi connectivity index (χ3n) is 4.43. The van der Waals surface area contributed by atoms with Gasteiger partial charge in [-0.1, -0.05) is 12.1 Å². The van der Waals surface area contributed by atoms with Crippen molar-refractivity contribution in [2.24, 2.45) is 0 Å². The minimum Gasteiger partial charge on any atom is -0.489 e. The number of amides is 1. The summed E-state index contributed by atoms with van der Waals surface area (Å²) >= 11 is 0. The molecule has 1 aliphatic carbocycles. The molecule has 0 atom stereocenters. The fourth-order valence-electron chi connectivity index (χ4n) is 2.77. The van der Waals surface area contributed by atoms with Crippen LogP contribution >= 0.6 is 0 Å². The van der Waals surface area contributed by atoms with Crippen LogP contribution in [0.5, 0.6) is 5.75 Å². The second-order valence-corrected chi connectivity index (χ2v) is 8.58. The monoisotopic (exact) mass is 400 g/mol. The molecule has 1 aliphatic rings. The normalized spacial score (nSPS) is 14.1. The molecule has 1 heterocycles. The molecule has 0 spiro atoms. The Hall–Kier alpha value is -3.00. The molecule has 0 aliphatic heterocycles. The largest absolute Gasteiger partial charge is 0.489 e. The third kappa shape index (κ3) is 3.68. The van der Waals surface area contributed by atoms with Crippen molar-refractivity contribution in [1.29, 1.82) is 0 Å².